The van der Waals surface area contributed by atoms with E-state index >= 15 is 0 Å². The van der Waals surface area contributed by atoms with Gasteiger partial charge in [0.1, 0.15) is 5.75 Å². The Morgan fingerprint density at radius 2 is 1.46 bits per heavy atom. The second kappa shape index (κ2) is 8.59. The molecule has 0 spiro atoms. The second-order valence-corrected chi connectivity index (χ2v) is 6.50. The Balaban J connectivity index is 1.81. The highest BCUT2D eigenvalue weighted by molar-refractivity contribution is 6.31. The number of carbonyl (C=O) groups excluding carboxylic acids is 2. The number of amides is 2. The molecular weight excluding hydrogens is 376 g/mol. The van der Waals surface area contributed by atoms with Crippen LogP contribution in [0.3, 0.4) is 0 Å². The molecule has 3 aromatic rings. The number of hydrogen-bond donors (Lipinski definition) is 2. The van der Waals surface area contributed by atoms with Crippen molar-refractivity contribution < 1.29 is 14.3 Å². The zero-order chi connectivity index (χ0) is 20.1. The molecule has 5 nitrogen and oxygen atoms in total. The molecule has 0 bridgehead atoms. The summed E-state index contributed by atoms with van der Waals surface area (Å²) in [7, 11) is 1.56. The molecule has 3 rings (SSSR count). The van der Waals surface area contributed by atoms with Crippen LogP contribution in [0.4, 0.5) is 11.4 Å². The molecule has 2 N–H and O–H groups in total. The van der Waals surface area contributed by atoms with Gasteiger partial charge in [0, 0.05) is 16.3 Å². The van der Waals surface area contributed by atoms with Gasteiger partial charge in [-0.2, -0.15) is 0 Å². The van der Waals surface area contributed by atoms with E-state index in [4.69, 9.17) is 16.3 Å². The third-order valence-corrected chi connectivity index (χ3v) is 4.70. The normalized spacial score (nSPS) is 10.2. The van der Waals surface area contributed by atoms with E-state index in [1.165, 1.54) is 0 Å². The Morgan fingerprint density at radius 1 is 0.821 bits per heavy atom. The molecule has 142 valence electrons. The summed E-state index contributed by atoms with van der Waals surface area (Å²) in [5, 5.41) is 6.20. The van der Waals surface area contributed by atoms with E-state index in [0.717, 1.165) is 5.56 Å². The monoisotopic (exact) mass is 394 g/mol. The van der Waals surface area contributed by atoms with Crippen molar-refractivity contribution in [3.63, 3.8) is 0 Å². The van der Waals surface area contributed by atoms with Crippen LogP contribution in [-0.2, 0) is 0 Å². The predicted octanol–water partition coefficient (Wildman–Crippen LogP) is 5.16. The molecule has 2 amide bonds. The maximum Gasteiger partial charge on any atom is 0.257 e. The van der Waals surface area contributed by atoms with Gasteiger partial charge >= 0.3 is 0 Å². The van der Waals surface area contributed by atoms with Crippen LogP contribution in [-0.4, -0.2) is 18.9 Å². The smallest absolute Gasteiger partial charge is 0.257 e. The first kappa shape index (κ1) is 19.5. The fourth-order valence-corrected chi connectivity index (χ4v) is 2.83. The molecule has 0 unspecified atom stereocenters. The summed E-state index contributed by atoms with van der Waals surface area (Å²) in [6.07, 6.45) is 0. The average molecular weight is 395 g/mol. The number of hydrogen-bond acceptors (Lipinski definition) is 3. The van der Waals surface area contributed by atoms with Crippen LogP contribution in [0.5, 0.6) is 5.75 Å². The third kappa shape index (κ3) is 4.32. The first-order chi connectivity index (χ1) is 13.5. The minimum absolute atomic E-state index is 0.318. The van der Waals surface area contributed by atoms with Gasteiger partial charge in [-0.05, 0) is 61.0 Å². The lowest BCUT2D eigenvalue weighted by molar-refractivity contribution is 0.102. The topological polar surface area (TPSA) is 67.4 Å². The number of anilines is 2. The quantitative estimate of drug-likeness (QED) is 0.628. The molecule has 3 aromatic carbocycles. The molecule has 0 heterocycles. The molecular formula is C22H19ClN2O3. The molecule has 0 aliphatic rings. The van der Waals surface area contributed by atoms with E-state index in [-0.39, 0.29) is 11.8 Å². The van der Waals surface area contributed by atoms with Crippen molar-refractivity contribution in [2.24, 2.45) is 0 Å². The van der Waals surface area contributed by atoms with E-state index in [9.17, 15) is 9.59 Å². The van der Waals surface area contributed by atoms with E-state index < -0.39 is 0 Å². The van der Waals surface area contributed by atoms with Crippen molar-refractivity contribution in [3.05, 3.63) is 88.4 Å². The lowest BCUT2D eigenvalue weighted by atomic mass is 10.1. The van der Waals surface area contributed by atoms with Crippen LogP contribution < -0.4 is 15.4 Å². The van der Waals surface area contributed by atoms with Crippen molar-refractivity contribution in [2.75, 3.05) is 17.7 Å². The molecule has 0 atom stereocenters. The Hall–Kier alpha value is -3.31. The zero-order valence-electron chi connectivity index (χ0n) is 15.5. The number of rotatable bonds is 5. The van der Waals surface area contributed by atoms with Gasteiger partial charge in [0.05, 0.1) is 18.4 Å². The van der Waals surface area contributed by atoms with Gasteiger partial charge in [-0.15, -0.1) is 0 Å². The molecule has 0 saturated heterocycles. The molecule has 0 aliphatic heterocycles. The summed E-state index contributed by atoms with van der Waals surface area (Å²) >= 11 is 6.12. The largest absolute Gasteiger partial charge is 0.497 e. The Labute approximate surface area is 168 Å². The van der Waals surface area contributed by atoms with Crippen LogP contribution >= 0.6 is 11.6 Å². The van der Waals surface area contributed by atoms with Gasteiger partial charge < -0.3 is 15.4 Å². The molecule has 0 radical (unpaired) electrons. The zero-order valence-corrected chi connectivity index (χ0v) is 16.2. The van der Waals surface area contributed by atoms with Gasteiger partial charge in [0.15, 0.2) is 0 Å². The molecule has 6 heteroatoms. The number of nitrogens with one attached hydrogen (secondary N) is 2. The van der Waals surface area contributed by atoms with Gasteiger partial charge in [0.25, 0.3) is 11.8 Å². The highest BCUT2D eigenvalue weighted by atomic mass is 35.5. The van der Waals surface area contributed by atoms with Gasteiger partial charge in [-0.1, -0.05) is 29.8 Å². The van der Waals surface area contributed by atoms with Gasteiger partial charge in [-0.3, -0.25) is 9.59 Å². The van der Waals surface area contributed by atoms with Crippen LogP contribution in [0.2, 0.25) is 5.02 Å². The maximum atomic E-state index is 12.8. The number of methoxy groups -OCH3 is 1. The number of para-hydroxylation sites is 1. The minimum atomic E-state index is -0.337. The van der Waals surface area contributed by atoms with Crippen molar-refractivity contribution in [1.29, 1.82) is 0 Å². The summed E-state index contributed by atoms with van der Waals surface area (Å²) in [5.74, 6) is 0.00561. The second-order valence-electron chi connectivity index (χ2n) is 6.09. The van der Waals surface area contributed by atoms with Crippen molar-refractivity contribution in [3.8, 4) is 5.75 Å². The summed E-state index contributed by atoms with van der Waals surface area (Å²) in [5.41, 5.74) is 2.62. The summed E-state index contributed by atoms with van der Waals surface area (Å²) in [6, 6.07) is 18.9. The standard InChI is InChI=1S/C22H19ClN2O3/c1-14-18(23)7-5-9-19(14)24-22(27)17-6-3-4-8-20(17)25-21(26)15-10-12-16(28-2)13-11-15/h3-13H,1-2H3,(H,24,27)(H,25,26). The van der Waals surface area contributed by atoms with Gasteiger partial charge in [-0.25, -0.2) is 0 Å². The molecule has 0 aliphatic carbocycles. The van der Waals surface area contributed by atoms with Crippen molar-refractivity contribution in [1.82, 2.24) is 0 Å². The maximum absolute atomic E-state index is 12.8. The fraction of sp³-hybridized carbons (Fsp3) is 0.0909. The van der Waals surface area contributed by atoms with Crippen LogP contribution in [0.25, 0.3) is 0 Å². The molecule has 28 heavy (non-hydrogen) atoms. The lowest BCUT2D eigenvalue weighted by Crippen LogP contribution is -2.18. The van der Waals surface area contributed by atoms with Crippen LogP contribution in [0, 0.1) is 6.92 Å². The number of ether oxygens (including phenoxy) is 1. The van der Waals surface area contributed by atoms with E-state index in [1.54, 1.807) is 73.8 Å². The highest BCUT2D eigenvalue weighted by Gasteiger charge is 2.15. The third-order valence-electron chi connectivity index (χ3n) is 4.29. The highest BCUT2D eigenvalue weighted by Crippen LogP contribution is 2.25. The van der Waals surface area contributed by atoms with E-state index in [0.29, 0.717) is 33.3 Å². The molecule has 0 saturated carbocycles. The van der Waals surface area contributed by atoms with Crippen molar-refractivity contribution in [2.45, 2.75) is 6.92 Å². The summed E-state index contributed by atoms with van der Waals surface area (Å²) in [4.78, 5) is 25.3. The first-order valence-electron chi connectivity index (χ1n) is 8.60. The van der Waals surface area contributed by atoms with Gasteiger partial charge in [0.2, 0.25) is 0 Å². The lowest BCUT2D eigenvalue weighted by Gasteiger charge is -2.13. The summed E-state index contributed by atoms with van der Waals surface area (Å²) < 4.78 is 5.10. The van der Waals surface area contributed by atoms with E-state index in [2.05, 4.69) is 10.6 Å². The molecule has 0 fully saturated rings. The Kier molecular flexibility index (Phi) is 5.96. The predicted molar refractivity (Wildman–Crippen MR) is 112 cm³/mol. The number of halogens is 1. The van der Waals surface area contributed by atoms with Crippen molar-refractivity contribution >= 4 is 34.8 Å². The first-order valence-corrected chi connectivity index (χ1v) is 8.98. The van der Waals surface area contributed by atoms with Crippen LogP contribution in [0.15, 0.2) is 66.7 Å². The Morgan fingerprint density at radius 3 is 2.18 bits per heavy atom. The average Bonchev–Trinajstić information content (AvgIpc) is 2.71. The summed E-state index contributed by atoms with van der Waals surface area (Å²) in [6.45, 7) is 1.83. The fourth-order valence-electron chi connectivity index (χ4n) is 2.66. The number of benzene rings is 3. The van der Waals surface area contributed by atoms with Crippen LogP contribution in [0.1, 0.15) is 26.3 Å². The van der Waals surface area contributed by atoms with E-state index in [1.807, 2.05) is 6.92 Å². The SMILES string of the molecule is COc1ccc(C(=O)Nc2ccccc2C(=O)Nc2cccc(Cl)c2C)cc1. The minimum Gasteiger partial charge on any atom is -0.497 e. The Bertz CT molecular complexity index is 1020. The number of carbonyl (C=O) groups is 2. The molecule has 0 aromatic heterocycles.